The first-order valence-corrected chi connectivity index (χ1v) is 3.95. The minimum Gasteiger partial charge on any atom is -0.304 e. The highest BCUT2D eigenvalue weighted by Crippen LogP contribution is 2.18. The van der Waals surface area contributed by atoms with E-state index in [4.69, 9.17) is 5.73 Å². The van der Waals surface area contributed by atoms with E-state index in [-0.39, 0.29) is 0 Å². The van der Waals surface area contributed by atoms with Crippen LogP contribution in [0.1, 0.15) is 6.42 Å². The third-order valence-corrected chi connectivity index (χ3v) is 2.01. The minimum atomic E-state index is -0.460. The molecule has 3 nitrogen and oxygen atoms in total. The maximum absolute atomic E-state index is 6.09. The van der Waals surface area contributed by atoms with Gasteiger partial charge in [0.15, 0.2) is 0 Å². The summed E-state index contributed by atoms with van der Waals surface area (Å²) in [5.41, 5.74) is 5.63. The molecule has 0 fully saturated rings. The molecular formula is C9H11N3. The van der Waals surface area contributed by atoms with Crippen molar-refractivity contribution in [3.05, 3.63) is 42.8 Å². The van der Waals surface area contributed by atoms with Crippen molar-refractivity contribution in [3.63, 3.8) is 0 Å². The Hall–Kier alpha value is -1.35. The van der Waals surface area contributed by atoms with Crippen molar-refractivity contribution in [2.24, 2.45) is 5.73 Å². The number of aromatic nitrogens is 2. The summed E-state index contributed by atoms with van der Waals surface area (Å²) in [6.45, 7) is 0. The predicted octanol–water partition coefficient (Wildman–Crippen LogP) is 1.01. The molecular weight excluding hydrogens is 150 g/mol. The molecule has 0 aliphatic heterocycles. The summed E-state index contributed by atoms with van der Waals surface area (Å²) >= 11 is 0. The van der Waals surface area contributed by atoms with Gasteiger partial charge in [-0.3, -0.25) is 0 Å². The van der Waals surface area contributed by atoms with Gasteiger partial charge in [-0.25, -0.2) is 4.68 Å². The van der Waals surface area contributed by atoms with Crippen LogP contribution in [0.3, 0.4) is 0 Å². The molecule has 2 rings (SSSR count). The Morgan fingerprint density at radius 3 is 2.92 bits per heavy atom. The van der Waals surface area contributed by atoms with Crippen LogP contribution >= 0.6 is 0 Å². The number of rotatable bonds is 1. The maximum Gasteiger partial charge on any atom is 0.132 e. The van der Waals surface area contributed by atoms with Crippen molar-refractivity contribution in [3.8, 4) is 0 Å². The van der Waals surface area contributed by atoms with Crippen LogP contribution in [0.4, 0.5) is 0 Å². The SMILES string of the molecule is NC1(n2cccn2)C=CC=CC1. The molecule has 1 heterocycles. The third kappa shape index (κ3) is 1.08. The van der Waals surface area contributed by atoms with Crippen molar-refractivity contribution in [1.29, 1.82) is 0 Å². The average Bonchev–Trinajstić information content (AvgIpc) is 2.58. The first-order chi connectivity index (χ1) is 5.81. The first kappa shape index (κ1) is 7.31. The van der Waals surface area contributed by atoms with Crippen LogP contribution in [-0.2, 0) is 5.66 Å². The van der Waals surface area contributed by atoms with Gasteiger partial charge < -0.3 is 5.73 Å². The lowest BCUT2D eigenvalue weighted by molar-refractivity contribution is 0.347. The maximum atomic E-state index is 6.09. The monoisotopic (exact) mass is 161 g/mol. The highest BCUT2D eigenvalue weighted by molar-refractivity contribution is 5.17. The lowest BCUT2D eigenvalue weighted by atomic mass is 10.0. The van der Waals surface area contributed by atoms with Gasteiger partial charge in [-0.2, -0.15) is 5.10 Å². The van der Waals surface area contributed by atoms with E-state index in [1.54, 1.807) is 10.9 Å². The normalized spacial score (nSPS) is 27.8. The van der Waals surface area contributed by atoms with E-state index >= 15 is 0 Å². The summed E-state index contributed by atoms with van der Waals surface area (Å²) < 4.78 is 1.77. The third-order valence-electron chi connectivity index (χ3n) is 2.01. The molecule has 1 aromatic rings. The highest BCUT2D eigenvalue weighted by Gasteiger charge is 2.23. The van der Waals surface area contributed by atoms with E-state index in [0.717, 1.165) is 6.42 Å². The van der Waals surface area contributed by atoms with Crippen molar-refractivity contribution in [2.45, 2.75) is 12.1 Å². The van der Waals surface area contributed by atoms with Crippen molar-refractivity contribution < 1.29 is 0 Å². The minimum absolute atomic E-state index is 0.460. The molecule has 0 radical (unpaired) electrons. The lowest BCUT2D eigenvalue weighted by Crippen LogP contribution is -2.41. The lowest BCUT2D eigenvalue weighted by Gasteiger charge is -2.26. The highest BCUT2D eigenvalue weighted by atomic mass is 15.4. The second-order valence-corrected chi connectivity index (χ2v) is 2.93. The molecule has 0 amide bonds. The van der Waals surface area contributed by atoms with Crippen LogP contribution in [0.25, 0.3) is 0 Å². The molecule has 3 heteroatoms. The second-order valence-electron chi connectivity index (χ2n) is 2.93. The van der Waals surface area contributed by atoms with Gasteiger partial charge in [-0.05, 0) is 12.1 Å². The van der Waals surface area contributed by atoms with Crippen LogP contribution in [0, 0.1) is 0 Å². The van der Waals surface area contributed by atoms with Gasteiger partial charge in [-0.15, -0.1) is 0 Å². The fourth-order valence-electron chi connectivity index (χ4n) is 1.31. The Morgan fingerprint density at radius 1 is 1.42 bits per heavy atom. The molecule has 0 spiro atoms. The van der Waals surface area contributed by atoms with Gasteiger partial charge >= 0.3 is 0 Å². The summed E-state index contributed by atoms with van der Waals surface area (Å²) in [5, 5.41) is 4.12. The Labute approximate surface area is 71.2 Å². The first-order valence-electron chi connectivity index (χ1n) is 3.95. The zero-order chi connectivity index (χ0) is 8.44. The van der Waals surface area contributed by atoms with E-state index in [0.29, 0.717) is 0 Å². The topological polar surface area (TPSA) is 43.8 Å². The largest absolute Gasteiger partial charge is 0.304 e. The van der Waals surface area contributed by atoms with E-state index in [1.807, 2.05) is 36.6 Å². The van der Waals surface area contributed by atoms with Crippen LogP contribution in [0.15, 0.2) is 42.8 Å². The van der Waals surface area contributed by atoms with E-state index in [9.17, 15) is 0 Å². The van der Waals surface area contributed by atoms with Gasteiger partial charge in [0.1, 0.15) is 5.66 Å². The number of hydrogen-bond acceptors (Lipinski definition) is 2. The van der Waals surface area contributed by atoms with Gasteiger partial charge in [0.25, 0.3) is 0 Å². The molecule has 0 aromatic carbocycles. The molecule has 0 bridgehead atoms. The second kappa shape index (κ2) is 2.60. The molecule has 12 heavy (non-hydrogen) atoms. The molecule has 0 saturated carbocycles. The summed E-state index contributed by atoms with van der Waals surface area (Å²) in [5.74, 6) is 0. The molecule has 2 N–H and O–H groups in total. The predicted molar refractivity (Wildman–Crippen MR) is 47.3 cm³/mol. The standard InChI is InChI=1S/C9H11N3/c10-9(5-2-1-3-6-9)12-8-4-7-11-12/h1-5,7-8H,6,10H2. The molecule has 1 aliphatic carbocycles. The summed E-state index contributed by atoms with van der Waals surface area (Å²) in [6, 6.07) is 1.88. The fourth-order valence-corrected chi connectivity index (χ4v) is 1.31. The average molecular weight is 161 g/mol. The smallest absolute Gasteiger partial charge is 0.132 e. The summed E-state index contributed by atoms with van der Waals surface area (Å²) in [6.07, 6.45) is 12.4. The zero-order valence-corrected chi connectivity index (χ0v) is 6.72. The fraction of sp³-hybridized carbons (Fsp3) is 0.222. The Morgan fingerprint density at radius 2 is 2.33 bits per heavy atom. The van der Waals surface area contributed by atoms with Crippen molar-refractivity contribution in [2.75, 3.05) is 0 Å². The molecule has 1 unspecified atom stereocenters. The van der Waals surface area contributed by atoms with E-state index in [2.05, 4.69) is 5.10 Å². The number of allylic oxidation sites excluding steroid dienone is 2. The molecule has 1 aromatic heterocycles. The van der Waals surface area contributed by atoms with Crippen molar-refractivity contribution in [1.82, 2.24) is 9.78 Å². The molecule has 1 atom stereocenters. The number of nitrogens with two attached hydrogens (primary N) is 1. The van der Waals surface area contributed by atoms with Crippen LogP contribution in [0.2, 0.25) is 0 Å². The Kier molecular flexibility index (Phi) is 1.59. The van der Waals surface area contributed by atoms with Gasteiger partial charge in [-0.1, -0.05) is 18.2 Å². The van der Waals surface area contributed by atoms with Crippen LogP contribution in [0.5, 0.6) is 0 Å². The summed E-state index contributed by atoms with van der Waals surface area (Å²) in [4.78, 5) is 0. The number of nitrogens with zero attached hydrogens (tertiary/aromatic N) is 2. The Balaban J connectivity index is 2.34. The quantitative estimate of drug-likeness (QED) is 0.668. The summed E-state index contributed by atoms with van der Waals surface area (Å²) in [7, 11) is 0. The van der Waals surface area contributed by atoms with Crippen LogP contribution < -0.4 is 5.73 Å². The molecule has 0 saturated heterocycles. The van der Waals surface area contributed by atoms with Crippen LogP contribution in [-0.4, -0.2) is 9.78 Å². The van der Waals surface area contributed by atoms with Gasteiger partial charge in [0.05, 0.1) is 0 Å². The van der Waals surface area contributed by atoms with Gasteiger partial charge in [0, 0.05) is 18.8 Å². The molecule has 1 aliphatic rings. The van der Waals surface area contributed by atoms with E-state index in [1.165, 1.54) is 0 Å². The molecule has 62 valence electrons. The number of hydrogen-bond donors (Lipinski definition) is 1. The Bertz CT molecular complexity index is 311. The van der Waals surface area contributed by atoms with E-state index < -0.39 is 5.66 Å². The van der Waals surface area contributed by atoms with Crippen molar-refractivity contribution >= 4 is 0 Å². The zero-order valence-electron chi connectivity index (χ0n) is 6.72. The van der Waals surface area contributed by atoms with Gasteiger partial charge in [0.2, 0.25) is 0 Å².